The van der Waals surface area contributed by atoms with Crippen molar-refractivity contribution in [3.05, 3.63) is 60.2 Å². The van der Waals surface area contributed by atoms with E-state index in [1.54, 1.807) is 4.90 Å². The van der Waals surface area contributed by atoms with E-state index in [0.717, 1.165) is 29.1 Å². The topological polar surface area (TPSA) is 87.2 Å². The second-order valence-corrected chi connectivity index (χ2v) is 8.02. The zero-order valence-corrected chi connectivity index (χ0v) is 18.6. The van der Waals surface area contributed by atoms with E-state index in [9.17, 15) is 9.59 Å². The SMILES string of the molecule is CCCN(CCC(=O)Nc1nnc(-c2ccccc2)s1)C(=O)Nc1ccc(CC)cc1. The fraction of sp³-hybridized carbons (Fsp3) is 0.304. The Labute approximate surface area is 186 Å². The summed E-state index contributed by atoms with van der Waals surface area (Å²) in [6, 6.07) is 17.3. The van der Waals surface area contributed by atoms with Crippen LogP contribution in [0.3, 0.4) is 0 Å². The van der Waals surface area contributed by atoms with E-state index >= 15 is 0 Å². The largest absolute Gasteiger partial charge is 0.324 e. The van der Waals surface area contributed by atoms with E-state index in [4.69, 9.17) is 0 Å². The van der Waals surface area contributed by atoms with Crippen LogP contribution < -0.4 is 10.6 Å². The van der Waals surface area contributed by atoms with Gasteiger partial charge in [0.05, 0.1) is 0 Å². The van der Waals surface area contributed by atoms with Crippen LogP contribution in [-0.4, -0.2) is 40.1 Å². The maximum absolute atomic E-state index is 12.7. The molecule has 3 aromatic rings. The highest BCUT2D eigenvalue weighted by Gasteiger charge is 2.16. The van der Waals surface area contributed by atoms with Gasteiger partial charge in [-0.05, 0) is 30.5 Å². The second kappa shape index (κ2) is 11.2. The quantitative estimate of drug-likeness (QED) is 0.491. The third kappa shape index (κ3) is 6.62. The minimum absolute atomic E-state index is 0.183. The number of carbonyl (C=O) groups is 2. The lowest BCUT2D eigenvalue weighted by molar-refractivity contribution is -0.116. The molecule has 0 fully saturated rings. The van der Waals surface area contributed by atoms with E-state index in [2.05, 4.69) is 27.8 Å². The molecule has 0 spiro atoms. The van der Waals surface area contributed by atoms with Gasteiger partial charge in [0.1, 0.15) is 5.01 Å². The molecule has 1 aromatic heterocycles. The molecule has 3 amide bonds. The number of hydrogen-bond acceptors (Lipinski definition) is 5. The maximum Gasteiger partial charge on any atom is 0.321 e. The minimum atomic E-state index is -0.207. The Kier molecular flexibility index (Phi) is 8.12. The number of amides is 3. The lowest BCUT2D eigenvalue weighted by Gasteiger charge is -2.22. The van der Waals surface area contributed by atoms with Gasteiger partial charge in [-0.25, -0.2) is 4.79 Å². The third-order valence-electron chi connectivity index (χ3n) is 4.70. The molecule has 3 rings (SSSR count). The molecule has 31 heavy (non-hydrogen) atoms. The summed E-state index contributed by atoms with van der Waals surface area (Å²) in [5, 5.41) is 15.1. The summed E-state index contributed by atoms with van der Waals surface area (Å²) in [6.07, 6.45) is 1.94. The van der Waals surface area contributed by atoms with Crippen LogP contribution in [0.4, 0.5) is 15.6 Å². The highest BCUT2D eigenvalue weighted by molar-refractivity contribution is 7.18. The average Bonchev–Trinajstić information content (AvgIpc) is 3.26. The molecule has 162 valence electrons. The zero-order chi connectivity index (χ0) is 22.1. The Morgan fingerprint density at radius 3 is 2.35 bits per heavy atom. The highest BCUT2D eigenvalue weighted by atomic mass is 32.1. The van der Waals surface area contributed by atoms with Crippen LogP contribution in [0.2, 0.25) is 0 Å². The summed E-state index contributed by atoms with van der Waals surface area (Å²) in [4.78, 5) is 26.7. The first-order valence-electron chi connectivity index (χ1n) is 10.4. The van der Waals surface area contributed by atoms with Crippen molar-refractivity contribution in [3.63, 3.8) is 0 Å². The van der Waals surface area contributed by atoms with E-state index in [0.29, 0.717) is 18.2 Å². The Morgan fingerprint density at radius 1 is 0.935 bits per heavy atom. The molecule has 7 nitrogen and oxygen atoms in total. The van der Waals surface area contributed by atoms with Crippen LogP contribution in [0, 0.1) is 0 Å². The predicted molar refractivity (Wildman–Crippen MR) is 125 cm³/mol. The first kappa shape index (κ1) is 22.4. The summed E-state index contributed by atoms with van der Waals surface area (Å²) >= 11 is 1.32. The molecular weight excluding hydrogens is 410 g/mol. The van der Waals surface area contributed by atoms with Crippen molar-refractivity contribution in [2.75, 3.05) is 23.7 Å². The molecule has 2 N–H and O–H groups in total. The fourth-order valence-corrected chi connectivity index (χ4v) is 3.77. The van der Waals surface area contributed by atoms with E-state index in [1.807, 2.05) is 61.5 Å². The smallest absolute Gasteiger partial charge is 0.321 e. The molecule has 0 radical (unpaired) electrons. The van der Waals surface area contributed by atoms with E-state index < -0.39 is 0 Å². The Bertz CT molecular complexity index is 989. The summed E-state index contributed by atoms with van der Waals surface area (Å²) in [5.74, 6) is -0.197. The van der Waals surface area contributed by atoms with Crippen molar-refractivity contribution in [1.82, 2.24) is 15.1 Å². The van der Waals surface area contributed by atoms with Crippen molar-refractivity contribution in [1.29, 1.82) is 0 Å². The van der Waals surface area contributed by atoms with Gasteiger partial charge >= 0.3 is 6.03 Å². The van der Waals surface area contributed by atoms with Gasteiger partial charge < -0.3 is 15.5 Å². The number of anilines is 2. The number of benzene rings is 2. The third-order valence-corrected chi connectivity index (χ3v) is 5.58. The normalized spacial score (nSPS) is 10.5. The number of nitrogens with one attached hydrogen (secondary N) is 2. The molecule has 0 saturated heterocycles. The number of nitrogens with zero attached hydrogens (tertiary/aromatic N) is 3. The van der Waals surface area contributed by atoms with Crippen LogP contribution >= 0.6 is 11.3 Å². The standard InChI is InChI=1S/C23H27N5O2S/c1-3-15-28(23(30)24-19-12-10-17(4-2)11-13-19)16-14-20(29)25-22-27-26-21(31-22)18-8-6-5-7-9-18/h5-13H,3-4,14-16H2,1-2H3,(H,24,30)(H,25,27,29). The van der Waals surface area contributed by atoms with Gasteiger partial charge in [0.2, 0.25) is 11.0 Å². The summed E-state index contributed by atoms with van der Waals surface area (Å²) in [5.41, 5.74) is 2.92. The maximum atomic E-state index is 12.7. The average molecular weight is 438 g/mol. The Morgan fingerprint density at radius 2 is 1.68 bits per heavy atom. The number of aryl methyl sites for hydroxylation is 1. The monoisotopic (exact) mass is 437 g/mol. The number of hydrogen-bond donors (Lipinski definition) is 2. The second-order valence-electron chi connectivity index (χ2n) is 7.04. The van der Waals surface area contributed by atoms with Gasteiger partial charge in [-0.2, -0.15) is 0 Å². The van der Waals surface area contributed by atoms with Crippen LogP contribution in [0.25, 0.3) is 10.6 Å². The number of carbonyl (C=O) groups excluding carboxylic acids is 2. The van der Waals surface area contributed by atoms with Crippen molar-refractivity contribution in [2.45, 2.75) is 33.1 Å². The van der Waals surface area contributed by atoms with Crippen molar-refractivity contribution < 1.29 is 9.59 Å². The summed E-state index contributed by atoms with van der Waals surface area (Å²) < 4.78 is 0. The number of aromatic nitrogens is 2. The molecule has 0 aliphatic heterocycles. The lowest BCUT2D eigenvalue weighted by Crippen LogP contribution is -2.37. The molecule has 8 heteroatoms. The molecule has 0 saturated carbocycles. The molecule has 0 aliphatic carbocycles. The van der Waals surface area contributed by atoms with E-state index in [1.165, 1.54) is 16.9 Å². The molecule has 0 bridgehead atoms. The summed E-state index contributed by atoms with van der Waals surface area (Å²) in [6.45, 7) is 4.99. The Hall–Kier alpha value is -3.26. The number of urea groups is 1. The fourth-order valence-electron chi connectivity index (χ4n) is 3.00. The predicted octanol–water partition coefficient (Wildman–Crippen LogP) is 5.04. The first-order valence-corrected chi connectivity index (χ1v) is 11.2. The molecule has 0 unspecified atom stereocenters. The highest BCUT2D eigenvalue weighted by Crippen LogP contribution is 2.25. The zero-order valence-electron chi connectivity index (χ0n) is 17.8. The number of rotatable bonds is 9. The molecular formula is C23H27N5O2S. The van der Waals surface area contributed by atoms with Crippen LogP contribution in [-0.2, 0) is 11.2 Å². The van der Waals surface area contributed by atoms with Gasteiger partial charge in [-0.15, -0.1) is 10.2 Å². The van der Waals surface area contributed by atoms with Gasteiger partial charge in [-0.1, -0.05) is 67.6 Å². The van der Waals surface area contributed by atoms with Gasteiger partial charge in [0, 0.05) is 30.8 Å². The van der Waals surface area contributed by atoms with Crippen LogP contribution in [0.5, 0.6) is 0 Å². The van der Waals surface area contributed by atoms with Gasteiger partial charge in [0.25, 0.3) is 0 Å². The minimum Gasteiger partial charge on any atom is -0.324 e. The first-order chi connectivity index (χ1) is 15.1. The Balaban J connectivity index is 1.52. The van der Waals surface area contributed by atoms with Crippen molar-refractivity contribution in [3.8, 4) is 10.6 Å². The van der Waals surface area contributed by atoms with Crippen molar-refractivity contribution in [2.24, 2.45) is 0 Å². The van der Waals surface area contributed by atoms with Gasteiger partial charge in [-0.3, -0.25) is 4.79 Å². The van der Waals surface area contributed by atoms with Crippen LogP contribution in [0.15, 0.2) is 54.6 Å². The molecule has 1 heterocycles. The lowest BCUT2D eigenvalue weighted by atomic mass is 10.1. The van der Waals surface area contributed by atoms with E-state index in [-0.39, 0.29) is 18.4 Å². The molecule has 0 atom stereocenters. The molecule has 0 aliphatic rings. The van der Waals surface area contributed by atoms with Gasteiger partial charge in [0.15, 0.2) is 0 Å². The van der Waals surface area contributed by atoms with Crippen molar-refractivity contribution >= 4 is 34.1 Å². The summed E-state index contributed by atoms with van der Waals surface area (Å²) in [7, 11) is 0. The van der Waals surface area contributed by atoms with Crippen LogP contribution in [0.1, 0.15) is 32.3 Å². The molecule has 2 aromatic carbocycles.